The van der Waals surface area contributed by atoms with E-state index in [9.17, 15) is 9.90 Å². The molecule has 1 N–H and O–H groups in total. The number of β-amino-alcohol motifs (C(OH)–C–C–N with tert-alkyl or cyclic N) is 1. The van der Waals surface area contributed by atoms with E-state index in [2.05, 4.69) is 4.98 Å². The molecule has 4 nitrogen and oxygen atoms in total. The van der Waals surface area contributed by atoms with E-state index in [1.165, 1.54) is 4.90 Å². The van der Waals surface area contributed by atoms with Crippen LogP contribution in [0.4, 0.5) is 5.82 Å². The van der Waals surface area contributed by atoms with Crippen molar-refractivity contribution in [3.8, 4) is 11.1 Å². The van der Waals surface area contributed by atoms with E-state index in [4.69, 9.17) is 0 Å². The zero-order valence-electron chi connectivity index (χ0n) is 10.4. The topological polar surface area (TPSA) is 53.4 Å². The van der Waals surface area contributed by atoms with Crippen LogP contribution in [0.5, 0.6) is 0 Å². The maximum atomic E-state index is 11.7. The van der Waals surface area contributed by atoms with Gasteiger partial charge in [-0.2, -0.15) is 0 Å². The third-order valence-electron chi connectivity index (χ3n) is 3.24. The summed E-state index contributed by atoms with van der Waals surface area (Å²) in [6.07, 6.45) is 1.35. The van der Waals surface area contributed by atoms with Crippen LogP contribution in [-0.2, 0) is 4.79 Å². The van der Waals surface area contributed by atoms with Crippen LogP contribution < -0.4 is 4.90 Å². The molecule has 0 radical (unpaired) electrons. The standard InChI is InChI=1S/C15H14N2O2/c18-13-8-15(19)17(10-13)14-7-6-12(9-16-14)11-4-2-1-3-5-11/h1-7,9,13,18H,8,10H2. The number of aromatic nitrogens is 1. The Kier molecular flexibility index (Phi) is 3.01. The molecule has 1 unspecified atom stereocenters. The van der Waals surface area contributed by atoms with Crippen LogP contribution in [0.1, 0.15) is 6.42 Å². The zero-order valence-corrected chi connectivity index (χ0v) is 10.4. The van der Waals surface area contributed by atoms with Gasteiger partial charge in [-0.3, -0.25) is 9.69 Å². The summed E-state index contributed by atoms with van der Waals surface area (Å²) < 4.78 is 0. The van der Waals surface area contributed by atoms with Gasteiger partial charge >= 0.3 is 0 Å². The minimum Gasteiger partial charge on any atom is -0.391 e. The second kappa shape index (κ2) is 4.82. The van der Waals surface area contributed by atoms with Gasteiger partial charge in [0.05, 0.1) is 19.1 Å². The first kappa shape index (κ1) is 11.9. The summed E-state index contributed by atoms with van der Waals surface area (Å²) in [4.78, 5) is 17.5. The lowest BCUT2D eigenvalue weighted by molar-refractivity contribution is -0.117. The average molecular weight is 254 g/mol. The molecule has 1 atom stereocenters. The van der Waals surface area contributed by atoms with Crippen molar-refractivity contribution in [3.05, 3.63) is 48.7 Å². The molecule has 2 aromatic rings. The fourth-order valence-corrected chi connectivity index (χ4v) is 2.26. The second-order valence-corrected chi connectivity index (χ2v) is 4.63. The maximum absolute atomic E-state index is 11.7. The van der Waals surface area contributed by atoms with Gasteiger partial charge in [0.2, 0.25) is 5.91 Å². The van der Waals surface area contributed by atoms with Gasteiger partial charge in [0.25, 0.3) is 0 Å². The SMILES string of the molecule is O=C1CC(O)CN1c1ccc(-c2ccccc2)cn1. The summed E-state index contributed by atoms with van der Waals surface area (Å²) in [6, 6.07) is 13.7. The molecule has 0 aliphatic carbocycles. The van der Waals surface area contributed by atoms with Gasteiger partial charge in [0, 0.05) is 11.8 Å². The van der Waals surface area contributed by atoms with Crippen LogP contribution >= 0.6 is 0 Å². The quantitative estimate of drug-likeness (QED) is 0.889. The predicted molar refractivity (Wildman–Crippen MR) is 72.6 cm³/mol. The van der Waals surface area contributed by atoms with Crippen molar-refractivity contribution < 1.29 is 9.90 Å². The molecule has 0 bridgehead atoms. The number of amides is 1. The molecule has 19 heavy (non-hydrogen) atoms. The van der Waals surface area contributed by atoms with Gasteiger partial charge in [-0.25, -0.2) is 4.98 Å². The summed E-state index contributed by atoms with van der Waals surface area (Å²) >= 11 is 0. The van der Waals surface area contributed by atoms with Crippen LogP contribution in [0.2, 0.25) is 0 Å². The number of anilines is 1. The van der Waals surface area contributed by atoms with Gasteiger partial charge in [-0.15, -0.1) is 0 Å². The van der Waals surface area contributed by atoms with Crippen LogP contribution in [-0.4, -0.2) is 28.6 Å². The smallest absolute Gasteiger partial charge is 0.230 e. The van der Waals surface area contributed by atoms with Crippen LogP contribution in [0.3, 0.4) is 0 Å². The molecule has 96 valence electrons. The number of nitrogens with zero attached hydrogens (tertiary/aromatic N) is 2. The number of aliphatic hydroxyl groups is 1. The van der Waals surface area contributed by atoms with Gasteiger partial charge in [0.15, 0.2) is 0 Å². The minimum atomic E-state index is -0.580. The lowest BCUT2D eigenvalue weighted by atomic mass is 10.1. The van der Waals surface area contributed by atoms with Gasteiger partial charge in [-0.1, -0.05) is 30.3 Å². The third-order valence-corrected chi connectivity index (χ3v) is 3.24. The fraction of sp³-hybridized carbons (Fsp3) is 0.200. The molecular weight excluding hydrogens is 240 g/mol. The summed E-state index contributed by atoms with van der Waals surface area (Å²) in [5, 5.41) is 9.47. The number of benzene rings is 1. The van der Waals surface area contributed by atoms with Gasteiger partial charge in [0.1, 0.15) is 5.82 Å². The third kappa shape index (κ3) is 2.35. The first-order chi connectivity index (χ1) is 9.24. The highest BCUT2D eigenvalue weighted by atomic mass is 16.3. The first-order valence-corrected chi connectivity index (χ1v) is 6.24. The summed E-state index contributed by atoms with van der Waals surface area (Å²) in [5.74, 6) is 0.522. The van der Waals surface area contributed by atoms with Gasteiger partial charge in [-0.05, 0) is 17.7 Å². The average Bonchev–Trinajstić information content (AvgIpc) is 2.79. The second-order valence-electron chi connectivity index (χ2n) is 4.63. The molecule has 0 spiro atoms. The van der Waals surface area contributed by atoms with Crippen molar-refractivity contribution >= 4 is 11.7 Å². The monoisotopic (exact) mass is 254 g/mol. The van der Waals surface area contributed by atoms with Crippen molar-refractivity contribution in [2.24, 2.45) is 0 Å². The van der Waals surface area contributed by atoms with E-state index >= 15 is 0 Å². The highest BCUT2D eigenvalue weighted by Crippen LogP contribution is 2.23. The van der Waals surface area contributed by atoms with Crippen LogP contribution in [0.25, 0.3) is 11.1 Å². The normalized spacial score (nSPS) is 18.9. The van der Waals surface area contributed by atoms with E-state index in [0.717, 1.165) is 11.1 Å². The summed E-state index contributed by atoms with van der Waals surface area (Å²) in [5.41, 5.74) is 2.10. The fourth-order valence-electron chi connectivity index (χ4n) is 2.26. The number of aliphatic hydroxyl groups excluding tert-OH is 1. The maximum Gasteiger partial charge on any atom is 0.230 e. The van der Waals surface area contributed by atoms with Crippen molar-refractivity contribution in [2.45, 2.75) is 12.5 Å². The van der Waals surface area contributed by atoms with Crippen molar-refractivity contribution in [2.75, 3.05) is 11.4 Å². The molecule has 2 heterocycles. The van der Waals surface area contributed by atoms with Crippen molar-refractivity contribution in [1.82, 2.24) is 4.98 Å². The van der Waals surface area contributed by atoms with E-state index in [-0.39, 0.29) is 12.3 Å². The molecular formula is C15H14N2O2. The molecule has 1 saturated heterocycles. The Balaban J connectivity index is 1.86. The number of carbonyl (C=O) groups is 1. The Morgan fingerprint density at radius 3 is 2.47 bits per heavy atom. The highest BCUT2D eigenvalue weighted by Gasteiger charge is 2.29. The molecule has 1 aliphatic heterocycles. The zero-order chi connectivity index (χ0) is 13.2. The first-order valence-electron chi connectivity index (χ1n) is 6.24. The predicted octanol–water partition coefficient (Wildman–Crippen LogP) is 1.85. The minimum absolute atomic E-state index is 0.0764. The van der Waals surface area contributed by atoms with E-state index < -0.39 is 6.10 Å². The number of hydrogen-bond acceptors (Lipinski definition) is 3. The molecule has 1 aromatic heterocycles. The lowest BCUT2D eigenvalue weighted by Gasteiger charge is -2.14. The lowest BCUT2D eigenvalue weighted by Crippen LogP contribution is -2.26. The summed E-state index contributed by atoms with van der Waals surface area (Å²) in [6.45, 7) is 0.330. The van der Waals surface area contributed by atoms with Gasteiger partial charge < -0.3 is 5.11 Å². The van der Waals surface area contributed by atoms with E-state index in [1.807, 2.05) is 42.5 Å². The Bertz CT molecular complexity index is 581. The van der Waals surface area contributed by atoms with Crippen LogP contribution in [0, 0.1) is 0 Å². The Hall–Kier alpha value is -2.20. The molecule has 1 fully saturated rings. The Morgan fingerprint density at radius 2 is 1.89 bits per heavy atom. The van der Waals surface area contributed by atoms with Crippen molar-refractivity contribution in [3.63, 3.8) is 0 Å². The molecule has 3 rings (SSSR count). The molecule has 1 aromatic carbocycles. The number of hydrogen-bond donors (Lipinski definition) is 1. The number of carbonyl (C=O) groups excluding carboxylic acids is 1. The number of rotatable bonds is 2. The van der Waals surface area contributed by atoms with E-state index in [0.29, 0.717) is 12.4 Å². The molecule has 1 amide bonds. The van der Waals surface area contributed by atoms with Crippen molar-refractivity contribution in [1.29, 1.82) is 0 Å². The molecule has 1 aliphatic rings. The molecule has 4 heteroatoms. The Morgan fingerprint density at radius 1 is 1.11 bits per heavy atom. The Labute approximate surface area is 111 Å². The summed E-state index contributed by atoms with van der Waals surface area (Å²) in [7, 11) is 0. The van der Waals surface area contributed by atoms with E-state index in [1.54, 1.807) is 6.20 Å². The highest BCUT2D eigenvalue weighted by molar-refractivity contribution is 5.95. The largest absolute Gasteiger partial charge is 0.391 e. The van der Waals surface area contributed by atoms with Crippen LogP contribution in [0.15, 0.2) is 48.7 Å². The molecule has 0 saturated carbocycles. The number of pyridine rings is 1.